The van der Waals surface area contributed by atoms with Gasteiger partial charge in [0.25, 0.3) is 0 Å². The number of allylic oxidation sites excluding steroid dienone is 2. The minimum Gasteiger partial charge on any atom is -0.309 e. The van der Waals surface area contributed by atoms with Crippen molar-refractivity contribution in [3.05, 3.63) is 170 Å². The zero-order valence-corrected chi connectivity index (χ0v) is 25.7. The highest BCUT2D eigenvalue weighted by atomic mass is 15.2. The molecule has 224 valence electrons. The van der Waals surface area contributed by atoms with Crippen molar-refractivity contribution in [3.8, 4) is 16.8 Å². The quantitative estimate of drug-likeness (QED) is 0.203. The summed E-state index contributed by atoms with van der Waals surface area (Å²) in [6, 6.07) is 51.6. The lowest BCUT2D eigenvalue weighted by molar-refractivity contribution is -0.460. The van der Waals surface area contributed by atoms with Crippen LogP contribution < -0.4 is 11.1 Å². The summed E-state index contributed by atoms with van der Waals surface area (Å²) in [7, 11) is 0. The fourth-order valence-corrected chi connectivity index (χ4v) is 7.12. The molecular weight excluding hydrogens is 574 g/mol. The Morgan fingerprint density at radius 3 is 1.83 bits per heavy atom. The molecular formula is C42H32N5+. The van der Waals surface area contributed by atoms with Crippen molar-refractivity contribution in [1.29, 1.82) is 0 Å². The van der Waals surface area contributed by atoms with Gasteiger partial charge in [0, 0.05) is 27.2 Å². The van der Waals surface area contributed by atoms with E-state index in [-0.39, 0.29) is 0 Å². The molecule has 0 fully saturated rings. The number of quaternary nitrogens is 1. The van der Waals surface area contributed by atoms with Crippen LogP contribution in [0.25, 0.3) is 66.0 Å². The van der Waals surface area contributed by atoms with Crippen LogP contribution in [0, 0.1) is 0 Å². The Hall–Kier alpha value is -6.01. The predicted molar refractivity (Wildman–Crippen MR) is 195 cm³/mol. The summed E-state index contributed by atoms with van der Waals surface area (Å²) in [6.07, 6.45) is 5.57. The maximum Gasteiger partial charge on any atom is 0.235 e. The third-order valence-electron chi connectivity index (χ3n) is 9.25. The van der Waals surface area contributed by atoms with Gasteiger partial charge in [0.1, 0.15) is 0 Å². The lowest BCUT2D eigenvalue weighted by Crippen LogP contribution is -2.83. The van der Waals surface area contributed by atoms with E-state index in [4.69, 9.17) is 10.7 Å². The van der Waals surface area contributed by atoms with E-state index in [1.54, 1.807) is 0 Å². The van der Waals surface area contributed by atoms with Crippen molar-refractivity contribution < 1.29 is 5.32 Å². The average Bonchev–Trinajstić information content (AvgIpc) is 3.65. The van der Waals surface area contributed by atoms with Crippen molar-refractivity contribution >= 4 is 55.0 Å². The lowest BCUT2D eigenvalue weighted by atomic mass is 10.0. The summed E-state index contributed by atoms with van der Waals surface area (Å²) in [6.45, 7) is 0. The number of fused-ring (bicyclic) bond motifs is 6. The minimum atomic E-state index is -0.603. The van der Waals surface area contributed by atoms with Crippen LogP contribution in [-0.2, 0) is 0 Å². The first kappa shape index (κ1) is 27.3. The van der Waals surface area contributed by atoms with Crippen molar-refractivity contribution in [2.24, 2.45) is 10.7 Å². The summed E-state index contributed by atoms with van der Waals surface area (Å²) in [5.74, 6) is 0.872. The molecule has 1 aliphatic heterocycles. The van der Waals surface area contributed by atoms with Gasteiger partial charge < -0.3 is 9.13 Å². The summed E-state index contributed by atoms with van der Waals surface area (Å²) in [5, 5.41) is 6.84. The first-order chi connectivity index (χ1) is 23.2. The average molecular weight is 607 g/mol. The second-order valence-corrected chi connectivity index (χ2v) is 12.0. The Bertz CT molecular complexity index is 2550. The predicted octanol–water partition coefficient (Wildman–Crippen LogP) is 8.55. The highest BCUT2D eigenvalue weighted by molar-refractivity contribution is 6.19. The zero-order valence-electron chi connectivity index (χ0n) is 25.7. The van der Waals surface area contributed by atoms with Gasteiger partial charge in [0.05, 0.1) is 33.8 Å². The van der Waals surface area contributed by atoms with Gasteiger partial charge in [-0.3, -0.25) is 11.1 Å². The molecule has 8 aromatic rings. The normalized spacial score (nSPS) is 14.8. The van der Waals surface area contributed by atoms with Gasteiger partial charge in [-0.1, -0.05) is 97.1 Å². The van der Waals surface area contributed by atoms with Crippen LogP contribution >= 0.6 is 0 Å². The van der Waals surface area contributed by atoms with Gasteiger partial charge in [-0.15, -0.1) is 0 Å². The number of benzene rings is 6. The van der Waals surface area contributed by atoms with Crippen LogP contribution in [0.1, 0.15) is 11.9 Å². The molecule has 0 saturated carbocycles. The van der Waals surface area contributed by atoms with E-state index < -0.39 is 6.29 Å². The molecule has 5 heteroatoms. The van der Waals surface area contributed by atoms with E-state index in [1.807, 2.05) is 23.7 Å². The van der Waals surface area contributed by atoms with E-state index >= 15 is 0 Å². The van der Waals surface area contributed by atoms with E-state index in [0.29, 0.717) is 0 Å². The molecule has 5 nitrogen and oxygen atoms in total. The van der Waals surface area contributed by atoms with Crippen LogP contribution in [0.4, 0.5) is 0 Å². The summed E-state index contributed by atoms with van der Waals surface area (Å²) in [5.41, 5.74) is 17.2. The molecule has 3 heterocycles. The van der Waals surface area contributed by atoms with Gasteiger partial charge in [0.2, 0.25) is 5.84 Å². The number of rotatable bonds is 5. The Kier molecular flexibility index (Phi) is 6.45. The smallest absolute Gasteiger partial charge is 0.235 e. The highest BCUT2D eigenvalue weighted by Gasteiger charge is 2.21. The van der Waals surface area contributed by atoms with Crippen LogP contribution in [-0.4, -0.2) is 15.0 Å². The second-order valence-electron chi connectivity index (χ2n) is 12.0. The SMILES string of the molecule is NC(/N=C1\[NH2+]C=CC=C1c1ccccc1)n1c2ccccc2c2cc(-c3ccc4c(c3)c3ccccc3n4-c3ccccc3)ccc21. The Morgan fingerprint density at radius 2 is 1.09 bits per heavy atom. The molecule has 2 aromatic heterocycles. The van der Waals surface area contributed by atoms with E-state index in [0.717, 1.165) is 44.5 Å². The topological polar surface area (TPSA) is 64.8 Å². The lowest BCUT2D eigenvalue weighted by Gasteiger charge is -2.16. The molecule has 0 aliphatic carbocycles. The number of aromatic nitrogens is 2. The Labute approximate surface area is 272 Å². The maximum atomic E-state index is 6.96. The number of amidine groups is 1. The molecule has 0 spiro atoms. The van der Waals surface area contributed by atoms with Crippen LogP contribution in [0.3, 0.4) is 0 Å². The first-order valence-corrected chi connectivity index (χ1v) is 16.0. The monoisotopic (exact) mass is 606 g/mol. The Balaban J connectivity index is 1.17. The fraction of sp³-hybridized carbons (Fsp3) is 0.0238. The number of para-hydroxylation sites is 3. The number of hydrogen-bond donors (Lipinski definition) is 2. The molecule has 1 unspecified atom stereocenters. The molecule has 1 atom stereocenters. The van der Waals surface area contributed by atoms with Gasteiger partial charge in [-0.05, 0) is 77.4 Å². The molecule has 6 aromatic carbocycles. The third kappa shape index (κ3) is 4.52. The Morgan fingerprint density at radius 1 is 0.532 bits per heavy atom. The molecule has 0 amide bonds. The van der Waals surface area contributed by atoms with E-state index in [9.17, 15) is 0 Å². The van der Waals surface area contributed by atoms with Crippen LogP contribution in [0.2, 0.25) is 0 Å². The zero-order chi connectivity index (χ0) is 31.3. The third-order valence-corrected chi connectivity index (χ3v) is 9.25. The molecule has 9 rings (SSSR count). The van der Waals surface area contributed by atoms with Crippen molar-refractivity contribution in [2.45, 2.75) is 6.29 Å². The molecule has 1 aliphatic rings. The largest absolute Gasteiger partial charge is 0.309 e. The minimum absolute atomic E-state index is 0.603. The van der Waals surface area contributed by atoms with Crippen LogP contribution in [0.5, 0.6) is 0 Å². The van der Waals surface area contributed by atoms with E-state index in [1.165, 1.54) is 32.9 Å². The van der Waals surface area contributed by atoms with Crippen molar-refractivity contribution in [3.63, 3.8) is 0 Å². The molecule has 47 heavy (non-hydrogen) atoms. The standard InChI is InChI=1S/C42H31N5/c43-42(45-41-32(18-11-25-44-41)28-12-3-1-4-13-28)47-38-20-10-8-17-34(38)36-27-30(22-24-40(36)47)29-21-23-39-35(26-29)33-16-7-9-19-37(33)46(39)31-14-5-2-6-15-31/h1-27,42H,43H2,(H,44,45)/p+1. The van der Waals surface area contributed by atoms with Gasteiger partial charge in [-0.2, -0.15) is 4.99 Å². The molecule has 0 radical (unpaired) electrons. The highest BCUT2D eigenvalue weighted by Crippen LogP contribution is 2.38. The van der Waals surface area contributed by atoms with Gasteiger partial charge in [-0.25, -0.2) is 0 Å². The number of aliphatic imine (C=N–C) groups is 1. The second kappa shape index (κ2) is 11.1. The van der Waals surface area contributed by atoms with Crippen molar-refractivity contribution in [2.75, 3.05) is 0 Å². The fourth-order valence-electron chi connectivity index (χ4n) is 7.12. The number of nitrogens with two attached hydrogens (primary N) is 2. The van der Waals surface area contributed by atoms with Crippen LogP contribution in [0.15, 0.2) is 169 Å². The van der Waals surface area contributed by atoms with E-state index in [2.05, 4.69) is 155 Å². The van der Waals surface area contributed by atoms with Gasteiger partial charge >= 0.3 is 0 Å². The van der Waals surface area contributed by atoms with Gasteiger partial charge in [0.15, 0.2) is 6.29 Å². The maximum absolute atomic E-state index is 6.96. The molecule has 0 bridgehead atoms. The number of hydrogen-bond acceptors (Lipinski definition) is 2. The first-order valence-electron chi connectivity index (χ1n) is 16.0. The summed E-state index contributed by atoms with van der Waals surface area (Å²) >= 11 is 0. The summed E-state index contributed by atoms with van der Waals surface area (Å²) in [4.78, 5) is 5.09. The number of nitrogens with zero attached hydrogens (tertiary/aromatic N) is 3. The van der Waals surface area contributed by atoms with Crippen molar-refractivity contribution in [1.82, 2.24) is 9.13 Å². The molecule has 4 N–H and O–H groups in total. The molecule has 0 saturated heterocycles. The summed E-state index contributed by atoms with van der Waals surface area (Å²) < 4.78 is 4.51.